The van der Waals surface area contributed by atoms with Gasteiger partial charge in [0.15, 0.2) is 11.6 Å². The lowest BCUT2D eigenvalue weighted by molar-refractivity contribution is 1.01. The van der Waals surface area contributed by atoms with Crippen LogP contribution in [0.5, 0.6) is 0 Å². The molecule has 0 bridgehead atoms. The maximum absolute atomic E-state index is 5.04. The molecule has 1 aromatic heterocycles. The summed E-state index contributed by atoms with van der Waals surface area (Å²) in [5.74, 6) is 11.1. The molecule has 0 aliphatic carbocycles. The van der Waals surface area contributed by atoms with Crippen LogP contribution in [0.15, 0.2) is 12.1 Å². The number of nitrogens with zero attached hydrogens (tertiary/aromatic N) is 2. The smallest absolute Gasteiger partial charge is 0.162 e. The van der Waals surface area contributed by atoms with Crippen molar-refractivity contribution in [2.24, 2.45) is 11.7 Å². The molecule has 6 heteroatoms. The van der Waals surface area contributed by atoms with Crippen LogP contribution in [0.25, 0.3) is 0 Å². The molecule has 0 aliphatic heterocycles. The minimum absolute atomic E-state index is 0.499. The van der Waals surface area contributed by atoms with Gasteiger partial charge in [-0.3, -0.25) is 0 Å². The molecule has 0 saturated carbocycles. The first-order chi connectivity index (χ1) is 4.86. The van der Waals surface area contributed by atoms with Crippen LogP contribution in [-0.2, 0) is 0 Å². The van der Waals surface area contributed by atoms with Crippen LogP contribution < -0.4 is 22.5 Å². The number of nitrogen functional groups attached to an aromatic ring is 2. The van der Waals surface area contributed by atoms with Crippen LogP contribution in [0.3, 0.4) is 0 Å². The topological polar surface area (TPSA) is 102 Å². The van der Waals surface area contributed by atoms with Crippen molar-refractivity contribution in [1.29, 1.82) is 0 Å². The molecular weight excluding hydrogens is 132 g/mol. The fourth-order valence-corrected chi connectivity index (χ4v) is 0.486. The van der Waals surface area contributed by atoms with Crippen molar-refractivity contribution in [3.05, 3.63) is 12.1 Å². The summed E-state index contributed by atoms with van der Waals surface area (Å²) in [6.45, 7) is 0. The molecule has 0 fully saturated rings. The fraction of sp³-hybridized carbons (Fsp3) is 0. The standard InChI is InChI=1S/C4H8N6/c5-7-3-1-2-4(8-6)10-9-3/h1-2H,5-6H2,(H,7,9)(H,8,10). The van der Waals surface area contributed by atoms with Crippen LogP contribution in [0.4, 0.5) is 11.6 Å². The lowest BCUT2D eigenvalue weighted by atomic mass is 10.5. The molecule has 0 spiro atoms. The van der Waals surface area contributed by atoms with Gasteiger partial charge in [-0.15, -0.1) is 10.2 Å². The predicted molar refractivity (Wildman–Crippen MR) is 37.7 cm³/mol. The van der Waals surface area contributed by atoms with Crippen molar-refractivity contribution >= 4 is 11.6 Å². The van der Waals surface area contributed by atoms with E-state index in [2.05, 4.69) is 21.0 Å². The van der Waals surface area contributed by atoms with Crippen molar-refractivity contribution in [2.75, 3.05) is 10.9 Å². The lowest BCUT2D eigenvalue weighted by Crippen LogP contribution is -2.12. The van der Waals surface area contributed by atoms with Crippen molar-refractivity contribution in [3.63, 3.8) is 0 Å². The number of nitrogens with two attached hydrogens (primary N) is 2. The van der Waals surface area contributed by atoms with E-state index in [-0.39, 0.29) is 0 Å². The predicted octanol–water partition coefficient (Wildman–Crippen LogP) is -0.952. The van der Waals surface area contributed by atoms with Gasteiger partial charge in [-0.05, 0) is 12.1 Å². The average Bonchev–Trinajstić information content (AvgIpc) is 2.05. The second-order valence-electron chi connectivity index (χ2n) is 1.59. The normalized spacial score (nSPS) is 9.00. The molecule has 0 atom stereocenters. The number of nitrogens with one attached hydrogen (secondary N) is 2. The summed E-state index contributed by atoms with van der Waals surface area (Å²) in [6, 6.07) is 3.31. The van der Waals surface area contributed by atoms with Crippen molar-refractivity contribution < 1.29 is 0 Å². The van der Waals surface area contributed by atoms with Crippen molar-refractivity contribution in [2.45, 2.75) is 0 Å². The van der Waals surface area contributed by atoms with Gasteiger partial charge in [-0.2, -0.15) is 0 Å². The Morgan fingerprint density at radius 1 is 1.00 bits per heavy atom. The molecule has 0 unspecified atom stereocenters. The molecule has 6 nitrogen and oxygen atoms in total. The first-order valence-corrected chi connectivity index (χ1v) is 2.64. The zero-order valence-electron chi connectivity index (χ0n) is 5.20. The van der Waals surface area contributed by atoms with Crippen molar-refractivity contribution in [1.82, 2.24) is 10.2 Å². The number of rotatable bonds is 2. The fourth-order valence-electron chi connectivity index (χ4n) is 0.486. The molecular formula is C4H8N6. The van der Waals surface area contributed by atoms with E-state index in [1.807, 2.05) is 0 Å². The van der Waals surface area contributed by atoms with Gasteiger partial charge in [-0.1, -0.05) is 0 Å². The second-order valence-corrected chi connectivity index (χ2v) is 1.59. The van der Waals surface area contributed by atoms with Gasteiger partial charge in [0.1, 0.15) is 0 Å². The number of hydrogen-bond donors (Lipinski definition) is 4. The summed E-state index contributed by atoms with van der Waals surface area (Å²) >= 11 is 0. The number of hydrogen-bond acceptors (Lipinski definition) is 6. The Morgan fingerprint density at radius 3 is 1.60 bits per heavy atom. The Hall–Kier alpha value is -1.40. The van der Waals surface area contributed by atoms with Gasteiger partial charge in [0.05, 0.1) is 0 Å². The van der Waals surface area contributed by atoms with Gasteiger partial charge < -0.3 is 10.9 Å². The highest BCUT2D eigenvalue weighted by Crippen LogP contribution is 2.01. The summed E-state index contributed by atoms with van der Waals surface area (Å²) in [4.78, 5) is 0. The number of hydrazine groups is 2. The zero-order chi connectivity index (χ0) is 7.40. The summed E-state index contributed by atoms with van der Waals surface area (Å²) in [7, 11) is 0. The van der Waals surface area contributed by atoms with E-state index in [0.717, 1.165) is 0 Å². The van der Waals surface area contributed by atoms with Crippen LogP contribution in [0.2, 0.25) is 0 Å². The second kappa shape index (κ2) is 2.95. The number of anilines is 2. The summed E-state index contributed by atoms with van der Waals surface area (Å²) in [5, 5.41) is 7.28. The van der Waals surface area contributed by atoms with Crippen molar-refractivity contribution in [3.8, 4) is 0 Å². The third-order valence-corrected chi connectivity index (χ3v) is 0.960. The molecule has 0 aliphatic rings. The van der Waals surface area contributed by atoms with Gasteiger partial charge >= 0.3 is 0 Å². The van der Waals surface area contributed by atoms with E-state index in [1.165, 1.54) is 0 Å². The Morgan fingerprint density at radius 2 is 1.40 bits per heavy atom. The van der Waals surface area contributed by atoms with E-state index < -0.39 is 0 Å². The third kappa shape index (κ3) is 1.30. The van der Waals surface area contributed by atoms with E-state index in [0.29, 0.717) is 11.6 Å². The zero-order valence-corrected chi connectivity index (χ0v) is 5.20. The molecule has 0 radical (unpaired) electrons. The van der Waals surface area contributed by atoms with E-state index in [4.69, 9.17) is 11.7 Å². The first-order valence-electron chi connectivity index (χ1n) is 2.64. The van der Waals surface area contributed by atoms with E-state index in [1.54, 1.807) is 12.1 Å². The highest BCUT2D eigenvalue weighted by Gasteiger charge is 1.90. The molecule has 0 aromatic carbocycles. The largest absolute Gasteiger partial charge is 0.307 e. The van der Waals surface area contributed by atoms with Gasteiger partial charge in [-0.25, -0.2) is 11.7 Å². The Balaban J connectivity index is 2.80. The summed E-state index contributed by atoms with van der Waals surface area (Å²) in [5.41, 5.74) is 4.67. The Bertz CT molecular complexity index is 170. The van der Waals surface area contributed by atoms with Crippen LogP contribution in [-0.4, -0.2) is 10.2 Å². The average molecular weight is 140 g/mol. The highest BCUT2D eigenvalue weighted by molar-refractivity contribution is 5.39. The molecule has 10 heavy (non-hydrogen) atoms. The van der Waals surface area contributed by atoms with E-state index in [9.17, 15) is 0 Å². The van der Waals surface area contributed by atoms with Crippen LogP contribution in [0.1, 0.15) is 0 Å². The molecule has 1 rings (SSSR count). The third-order valence-electron chi connectivity index (χ3n) is 0.960. The maximum Gasteiger partial charge on any atom is 0.162 e. The first kappa shape index (κ1) is 6.72. The lowest BCUT2D eigenvalue weighted by Gasteiger charge is -1.98. The highest BCUT2D eigenvalue weighted by atomic mass is 15.3. The monoisotopic (exact) mass is 140 g/mol. The SMILES string of the molecule is NNc1ccc(NN)nn1. The summed E-state index contributed by atoms with van der Waals surface area (Å²) in [6.07, 6.45) is 0. The molecule has 6 N–H and O–H groups in total. The molecule has 0 amide bonds. The quantitative estimate of drug-likeness (QED) is 0.312. The van der Waals surface area contributed by atoms with Gasteiger partial charge in [0.2, 0.25) is 0 Å². The maximum atomic E-state index is 5.04. The molecule has 54 valence electrons. The van der Waals surface area contributed by atoms with Crippen LogP contribution in [0, 0.1) is 0 Å². The van der Waals surface area contributed by atoms with Gasteiger partial charge in [0, 0.05) is 0 Å². The van der Waals surface area contributed by atoms with E-state index >= 15 is 0 Å². The Kier molecular flexibility index (Phi) is 1.98. The minimum Gasteiger partial charge on any atom is -0.307 e. The van der Waals surface area contributed by atoms with Gasteiger partial charge in [0.25, 0.3) is 0 Å². The number of aromatic nitrogens is 2. The molecule has 1 heterocycles. The molecule has 1 aromatic rings. The Labute approximate surface area is 57.6 Å². The molecule has 0 saturated heterocycles. The summed E-state index contributed by atoms with van der Waals surface area (Å²) < 4.78 is 0. The van der Waals surface area contributed by atoms with Crippen LogP contribution >= 0.6 is 0 Å². The minimum atomic E-state index is 0.499.